The van der Waals surface area contributed by atoms with Crippen LogP contribution in [0.25, 0.3) is 6.08 Å². The molecular formula is C17H19N3O3S. The number of carbonyl (C=O) groups excluding carboxylic acids is 1. The first-order valence-corrected chi connectivity index (χ1v) is 8.77. The number of aryl methyl sites for hydroxylation is 1. The van der Waals surface area contributed by atoms with E-state index in [4.69, 9.17) is 9.47 Å². The molecule has 0 saturated heterocycles. The molecule has 0 bridgehead atoms. The molecule has 1 aromatic heterocycles. The highest BCUT2D eigenvalue weighted by atomic mass is 32.1. The van der Waals surface area contributed by atoms with Gasteiger partial charge in [0.25, 0.3) is 0 Å². The van der Waals surface area contributed by atoms with Gasteiger partial charge in [0.05, 0.1) is 0 Å². The van der Waals surface area contributed by atoms with Gasteiger partial charge in [0, 0.05) is 12.5 Å². The Balaban J connectivity index is 1.53. The van der Waals surface area contributed by atoms with Crippen LogP contribution in [-0.2, 0) is 11.2 Å². The molecule has 6 nitrogen and oxygen atoms in total. The predicted molar refractivity (Wildman–Crippen MR) is 93.4 cm³/mol. The van der Waals surface area contributed by atoms with E-state index in [-0.39, 0.29) is 12.7 Å². The summed E-state index contributed by atoms with van der Waals surface area (Å²) in [5, 5.41) is 12.3. The summed E-state index contributed by atoms with van der Waals surface area (Å²) >= 11 is 1.43. The van der Waals surface area contributed by atoms with Gasteiger partial charge in [-0.25, -0.2) is 0 Å². The maximum Gasteiger partial charge on any atom is 0.250 e. The van der Waals surface area contributed by atoms with Gasteiger partial charge >= 0.3 is 0 Å². The van der Waals surface area contributed by atoms with Crippen molar-refractivity contribution in [1.29, 1.82) is 0 Å². The van der Waals surface area contributed by atoms with Gasteiger partial charge in [0.2, 0.25) is 17.8 Å². The summed E-state index contributed by atoms with van der Waals surface area (Å²) in [4.78, 5) is 12.0. The third-order valence-electron chi connectivity index (χ3n) is 3.51. The number of nitrogens with zero attached hydrogens (tertiary/aromatic N) is 2. The largest absolute Gasteiger partial charge is 0.454 e. The molecule has 7 heteroatoms. The first-order valence-electron chi connectivity index (χ1n) is 7.95. The number of rotatable bonds is 7. The molecule has 0 saturated carbocycles. The monoisotopic (exact) mass is 345 g/mol. The molecule has 0 radical (unpaired) electrons. The van der Waals surface area contributed by atoms with E-state index in [9.17, 15) is 4.79 Å². The molecule has 1 aromatic carbocycles. The van der Waals surface area contributed by atoms with E-state index >= 15 is 0 Å². The number of unbranched alkanes of at least 4 members (excludes halogenated alkanes) is 2. The first kappa shape index (κ1) is 16.4. The number of hydrogen-bond acceptors (Lipinski definition) is 6. The number of benzene rings is 1. The second-order valence-corrected chi connectivity index (χ2v) is 6.46. The molecule has 2 heterocycles. The number of nitrogens with one attached hydrogen (secondary N) is 1. The lowest BCUT2D eigenvalue weighted by atomic mass is 10.2. The first-order chi connectivity index (χ1) is 11.7. The van der Waals surface area contributed by atoms with Crippen LogP contribution in [-0.4, -0.2) is 22.9 Å². The van der Waals surface area contributed by atoms with E-state index in [1.807, 2.05) is 18.2 Å². The van der Waals surface area contributed by atoms with Crippen LogP contribution in [0.4, 0.5) is 5.13 Å². The predicted octanol–water partition coefficient (Wildman–Crippen LogP) is 3.65. The Labute approximate surface area is 144 Å². The van der Waals surface area contributed by atoms with E-state index in [0.717, 1.165) is 29.2 Å². The molecule has 0 atom stereocenters. The molecule has 1 amide bonds. The van der Waals surface area contributed by atoms with Crippen molar-refractivity contribution in [3.8, 4) is 11.5 Å². The van der Waals surface area contributed by atoms with E-state index < -0.39 is 0 Å². The Morgan fingerprint density at radius 3 is 3.04 bits per heavy atom. The van der Waals surface area contributed by atoms with Gasteiger partial charge in [-0.15, -0.1) is 10.2 Å². The van der Waals surface area contributed by atoms with Crippen LogP contribution >= 0.6 is 11.3 Å². The van der Waals surface area contributed by atoms with Gasteiger partial charge in [-0.05, 0) is 30.2 Å². The zero-order valence-corrected chi connectivity index (χ0v) is 14.3. The van der Waals surface area contributed by atoms with Crippen LogP contribution in [0.1, 0.15) is 36.8 Å². The van der Waals surface area contributed by atoms with Crippen molar-refractivity contribution in [2.75, 3.05) is 12.1 Å². The summed E-state index contributed by atoms with van der Waals surface area (Å²) in [7, 11) is 0. The van der Waals surface area contributed by atoms with Crippen molar-refractivity contribution >= 4 is 28.5 Å². The minimum atomic E-state index is -0.232. The van der Waals surface area contributed by atoms with E-state index in [1.54, 1.807) is 6.08 Å². The number of anilines is 1. The lowest BCUT2D eigenvalue weighted by molar-refractivity contribution is -0.111. The Hall–Kier alpha value is -2.41. The third kappa shape index (κ3) is 4.32. The summed E-state index contributed by atoms with van der Waals surface area (Å²) in [5.74, 6) is 1.18. The second kappa shape index (κ2) is 7.92. The van der Waals surface area contributed by atoms with Crippen molar-refractivity contribution < 1.29 is 14.3 Å². The average Bonchev–Trinajstić information content (AvgIpc) is 3.22. The molecule has 0 unspecified atom stereocenters. The van der Waals surface area contributed by atoms with Gasteiger partial charge in [-0.3, -0.25) is 10.1 Å². The number of carbonyl (C=O) groups is 1. The molecule has 0 aliphatic carbocycles. The Morgan fingerprint density at radius 2 is 2.17 bits per heavy atom. The van der Waals surface area contributed by atoms with Gasteiger partial charge in [0.15, 0.2) is 11.5 Å². The van der Waals surface area contributed by atoms with Crippen LogP contribution in [0, 0.1) is 0 Å². The number of amides is 1. The van der Waals surface area contributed by atoms with Gasteiger partial charge in [-0.2, -0.15) is 0 Å². The minimum absolute atomic E-state index is 0.232. The highest BCUT2D eigenvalue weighted by Crippen LogP contribution is 2.32. The van der Waals surface area contributed by atoms with Crippen LogP contribution in [0.15, 0.2) is 24.3 Å². The molecule has 24 heavy (non-hydrogen) atoms. The third-order valence-corrected chi connectivity index (χ3v) is 4.41. The summed E-state index contributed by atoms with van der Waals surface area (Å²) in [5.41, 5.74) is 0.868. The van der Waals surface area contributed by atoms with Crippen molar-refractivity contribution in [2.24, 2.45) is 0 Å². The van der Waals surface area contributed by atoms with Crippen molar-refractivity contribution in [3.63, 3.8) is 0 Å². The van der Waals surface area contributed by atoms with E-state index in [0.29, 0.717) is 10.9 Å². The van der Waals surface area contributed by atoms with Crippen LogP contribution in [0.5, 0.6) is 11.5 Å². The lowest BCUT2D eigenvalue weighted by Crippen LogP contribution is -2.07. The number of hydrogen-bond donors (Lipinski definition) is 1. The fourth-order valence-corrected chi connectivity index (χ4v) is 3.05. The lowest BCUT2D eigenvalue weighted by Gasteiger charge is -1.98. The maximum atomic E-state index is 12.0. The molecule has 1 N–H and O–H groups in total. The Morgan fingerprint density at radius 1 is 1.29 bits per heavy atom. The molecule has 1 aliphatic rings. The summed E-state index contributed by atoms with van der Waals surface area (Å²) in [6.07, 6.45) is 7.56. The summed E-state index contributed by atoms with van der Waals surface area (Å²) in [6.45, 7) is 2.40. The summed E-state index contributed by atoms with van der Waals surface area (Å²) < 4.78 is 10.6. The SMILES string of the molecule is CCCCCc1nnc(NC(=O)C=Cc2ccc3c(c2)OCO3)s1. The second-order valence-electron chi connectivity index (χ2n) is 5.39. The molecule has 3 rings (SSSR count). The fourth-order valence-electron chi connectivity index (χ4n) is 2.27. The normalized spacial score (nSPS) is 12.7. The molecule has 0 fully saturated rings. The zero-order chi connectivity index (χ0) is 16.8. The Bertz CT molecular complexity index is 742. The highest BCUT2D eigenvalue weighted by molar-refractivity contribution is 7.15. The zero-order valence-electron chi connectivity index (χ0n) is 13.4. The topological polar surface area (TPSA) is 73.3 Å². The minimum Gasteiger partial charge on any atom is -0.454 e. The van der Waals surface area contributed by atoms with Gasteiger partial charge in [0.1, 0.15) is 5.01 Å². The number of fused-ring (bicyclic) bond motifs is 1. The van der Waals surface area contributed by atoms with E-state index in [1.165, 1.54) is 30.3 Å². The molecule has 2 aromatic rings. The molecule has 0 spiro atoms. The number of aromatic nitrogens is 2. The van der Waals surface area contributed by atoms with Crippen molar-refractivity contribution in [1.82, 2.24) is 10.2 Å². The van der Waals surface area contributed by atoms with Crippen LogP contribution < -0.4 is 14.8 Å². The highest BCUT2D eigenvalue weighted by Gasteiger charge is 2.12. The van der Waals surface area contributed by atoms with Crippen LogP contribution in [0.2, 0.25) is 0 Å². The standard InChI is InChI=1S/C17H19N3O3S/c1-2-3-4-5-16-19-20-17(24-16)18-15(21)9-7-12-6-8-13-14(10-12)23-11-22-13/h6-10H,2-5,11H2,1H3,(H,18,20,21). The molecule has 1 aliphatic heterocycles. The Kier molecular flexibility index (Phi) is 5.43. The molecular weight excluding hydrogens is 326 g/mol. The summed E-state index contributed by atoms with van der Waals surface area (Å²) in [6, 6.07) is 5.53. The van der Waals surface area contributed by atoms with Crippen LogP contribution in [0.3, 0.4) is 0 Å². The smallest absolute Gasteiger partial charge is 0.250 e. The van der Waals surface area contributed by atoms with Crippen molar-refractivity contribution in [3.05, 3.63) is 34.8 Å². The van der Waals surface area contributed by atoms with Gasteiger partial charge < -0.3 is 9.47 Å². The average molecular weight is 345 g/mol. The van der Waals surface area contributed by atoms with Gasteiger partial charge in [-0.1, -0.05) is 37.2 Å². The quantitative estimate of drug-likeness (QED) is 0.612. The van der Waals surface area contributed by atoms with Crippen molar-refractivity contribution in [2.45, 2.75) is 32.6 Å². The maximum absolute atomic E-state index is 12.0. The fraction of sp³-hybridized carbons (Fsp3) is 0.353. The number of ether oxygens (including phenoxy) is 2. The molecule has 126 valence electrons. The van der Waals surface area contributed by atoms with E-state index in [2.05, 4.69) is 22.4 Å².